The summed E-state index contributed by atoms with van der Waals surface area (Å²) >= 11 is 0. The lowest BCUT2D eigenvalue weighted by atomic mass is 9.71. The lowest BCUT2D eigenvalue weighted by molar-refractivity contribution is 0.245. The second-order valence-corrected chi connectivity index (χ2v) is 5.99. The maximum Gasteiger partial charge on any atom is 0.120 e. The number of aromatic hydroxyl groups is 1. The SMILES string of the molecule is CC(C)(C)c1ccc(O)c(C2(N)CCC2)c1. The fraction of sp³-hybridized carbons (Fsp3) is 0.571. The van der Waals surface area contributed by atoms with Gasteiger partial charge in [0.05, 0.1) is 0 Å². The van der Waals surface area contributed by atoms with Crippen LogP contribution in [0.25, 0.3) is 0 Å². The molecular weight excluding hydrogens is 198 g/mol. The number of phenolic OH excluding ortho intramolecular Hbond substituents is 1. The minimum absolute atomic E-state index is 0.0998. The van der Waals surface area contributed by atoms with Crippen LogP contribution in [0.5, 0.6) is 5.75 Å². The molecular formula is C14H21NO. The predicted octanol–water partition coefficient (Wildman–Crippen LogP) is 3.03. The summed E-state index contributed by atoms with van der Waals surface area (Å²) in [6.45, 7) is 6.52. The Balaban J connectivity index is 2.45. The Labute approximate surface area is 97.5 Å². The average molecular weight is 219 g/mol. The Morgan fingerprint density at radius 1 is 1.25 bits per heavy atom. The van der Waals surface area contributed by atoms with Crippen molar-refractivity contribution in [2.45, 2.75) is 51.0 Å². The van der Waals surface area contributed by atoms with E-state index in [9.17, 15) is 5.11 Å². The van der Waals surface area contributed by atoms with Crippen LogP contribution >= 0.6 is 0 Å². The van der Waals surface area contributed by atoms with E-state index in [4.69, 9.17) is 5.73 Å². The summed E-state index contributed by atoms with van der Waals surface area (Å²) in [6.07, 6.45) is 3.12. The number of benzene rings is 1. The zero-order chi connectivity index (χ0) is 12.0. The van der Waals surface area contributed by atoms with Gasteiger partial charge in [-0.25, -0.2) is 0 Å². The van der Waals surface area contributed by atoms with Crippen molar-refractivity contribution >= 4 is 0 Å². The van der Waals surface area contributed by atoms with Gasteiger partial charge in [0.25, 0.3) is 0 Å². The van der Waals surface area contributed by atoms with Gasteiger partial charge in [0.2, 0.25) is 0 Å². The van der Waals surface area contributed by atoms with Crippen molar-refractivity contribution in [2.24, 2.45) is 5.73 Å². The summed E-state index contributed by atoms with van der Waals surface area (Å²) in [5.74, 6) is 0.343. The van der Waals surface area contributed by atoms with Gasteiger partial charge in [0.15, 0.2) is 0 Å². The van der Waals surface area contributed by atoms with E-state index in [1.54, 1.807) is 6.07 Å². The van der Waals surface area contributed by atoms with E-state index in [0.717, 1.165) is 24.8 Å². The first-order valence-corrected chi connectivity index (χ1v) is 5.96. The Morgan fingerprint density at radius 3 is 2.31 bits per heavy atom. The Morgan fingerprint density at radius 2 is 1.88 bits per heavy atom. The minimum Gasteiger partial charge on any atom is -0.508 e. The highest BCUT2D eigenvalue weighted by Gasteiger charge is 2.37. The van der Waals surface area contributed by atoms with Gasteiger partial charge >= 0.3 is 0 Å². The molecule has 1 aliphatic rings. The summed E-state index contributed by atoms with van der Waals surface area (Å²) in [7, 11) is 0. The molecule has 2 heteroatoms. The third-order valence-electron chi connectivity index (χ3n) is 3.64. The van der Waals surface area contributed by atoms with E-state index in [0.29, 0.717) is 5.75 Å². The van der Waals surface area contributed by atoms with Crippen LogP contribution in [0.2, 0.25) is 0 Å². The lowest BCUT2D eigenvalue weighted by Gasteiger charge is -2.39. The second kappa shape index (κ2) is 3.49. The summed E-state index contributed by atoms with van der Waals surface area (Å²) < 4.78 is 0. The molecule has 1 aromatic carbocycles. The van der Waals surface area contributed by atoms with Crippen LogP contribution in [0.4, 0.5) is 0 Å². The molecule has 0 atom stereocenters. The predicted molar refractivity (Wildman–Crippen MR) is 66.5 cm³/mol. The molecule has 0 aliphatic heterocycles. The van der Waals surface area contributed by atoms with Gasteiger partial charge < -0.3 is 10.8 Å². The quantitative estimate of drug-likeness (QED) is 0.762. The van der Waals surface area contributed by atoms with Crippen LogP contribution in [-0.2, 0) is 11.0 Å². The molecule has 2 nitrogen and oxygen atoms in total. The van der Waals surface area contributed by atoms with Gasteiger partial charge in [-0.3, -0.25) is 0 Å². The first-order chi connectivity index (χ1) is 7.33. The van der Waals surface area contributed by atoms with Crippen molar-refractivity contribution in [3.05, 3.63) is 29.3 Å². The Bertz CT molecular complexity index is 400. The van der Waals surface area contributed by atoms with Gasteiger partial charge in [-0.1, -0.05) is 26.8 Å². The zero-order valence-corrected chi connectivity index (χ0v) is 10.4. The maximum absolute atomic E-state index is 9.92. The summed E-state index contributed by atoms with van der Waals surface area (Å²) in [5, 5.41) is 9.92. The van der Waals surface area contributed by atoms with Crippen molar-refractivity contribution in [1.82, 2.24) is 0 Å². The van der Waals surface area contributed by atoms with Crippen LogP contribution < -0.4 is 5.73 Å². The van der Waals surface area contributed by atoms with Crippen LogP contribution in [-0.4, -0.2) is 5.11 Å². The van der Waals surface area contributed by atoms with Crippen molar-refractivity contribution in [2.75, 3.05) is 0 Å². The Hall–Kier alpha value is -1.02. The van der Waals surface area contributed by atoms with Crippen molar-refractivity contribution < 1.29 is 5.11 Å². The van der Waals surface area contributed by atoms with Gasteiger partial charge in [-0.05, 0) is 42.4 Å². The topological polar surface area (TPSA) is 46.2 Å². The standard InChI is InChI=1S/C14H21NO/c1-13(2,3)10-5-6-12(16)11(9-10)14(15)7-4-8-14/h5-6,9,16H,4,7-8,15H2,1-3H3. The summed E-state index contributed by atoms with van der Waals surface area (Å²) in [6, 6.07) is 5.85. The van der Waals surface area contributed by atoms with Crippen molar-refractivity contribution in [3.63, 3.8) is 0 Å². The number of rotatable bonds is 1. The second-order valence-electron chi connectivity index (χ2n) is 5.99. The van der Waals surface area contributed by atoms with Gasteiger partial charge in [-0.15, -0.1) is 0 Å². The van der Waals surface area contributed by atoms with Crippen LogP contribution in [0.3, 0.4) is 0 Å². The molecule has 0 heterocycles. The monoisotopic (exact) mass is 219 g/mol. The first kappa shape index (κ1) is 11.5. The molecule has 88 valence electrons. The third kappa shape index (κ3) is 1.82. The molecule has 2 rings (SSSR count). The fourth-order valence-corrected chi connectivity index (χ4v) is 2.23. The smallest absolute Gasteiger partial charge is 0.120 e. The summed E-state index contributed by atoms with van der Waals surface area (Å²) in [5.41, 5.74) is 8.25. The highest BCUT2D eigenvalue weighted by molar-refractivity contribution is 5.44. The van der Waals surface area contributed by atoms with Crippen molar-refractivity contribution in [1.29, 1.82) is 0 Å². The Kier molecular flexibility index (Phi) is 2.50. The first-order valence-electron chi connectivity index (χ1n) is 5.96. The summed E-state index contributed by atoms with van der Waals surface area (Å²) in [4.78, 5) is 0. The molecule has 0 amide bonds. The molecule has 0 radical (unpaired) electrons. The number of nitrogens with two attached hydrogens (primary N) is 1. The molecule has 16 heavy (non-hydrogen) atoms. The minimum atomic E-state index is -0.286. The van der Waals surface area contributed by atoms with E-state index in [2.05, 4.69) is 26.8 Å². The van der Waals surface area contributed by atoms with Gasteiger partial charge in [0, 0.05) is 11.1 Å². The molecule has 0 aromatic heterocycles. The molecule has 0 unspecified atom stereocenters. The van der Waals surface area contributed by atoms with Crippen LogP contribution in [0.15, 0.2) is 18.2 Å². The van der Waals surface area contributed by atoms with Gasteiger partial charge in [0.1, 0.15) is 5.75 Å². The number of hydrogen-bond donors (Lipinski definition) is 2. The van der Waals surface area contributed by atoms with E-state index in [-0.39, 0.29) is 11.0 Å². The molecule has 1 saturated carbocycles. The maximum atomic E-state index is 9.92. The van der Waals surface area contributed by atoms with Crippen LogP contribution in [0, 0.1) is 0 Å². The van der Waals surface area contributed by atoms with E-state index >= 15 is 0 Å². The average Bonchev–Trinajstić information content (AvgIpc) is 2.13. The van der Waals surface area contributed by atoms with E-state index in [1.807, 2.05) is 6.07 Å². The van der Waals surface area contributed by atoms with Gasteiger partial charge in [-0.2, -0.15) is 0 Å². The fourth-order valence-electron chi connectivity index (χ4n) is 2.23. The zero-order valence-electron chi connectivity index (χ0n) is 10.4. The number of phenols is 1. The molecule has 0 spiro atoms. The molecule has 0 saturated heterocycles. The van der Waals surface area contributed by atoms with Crippen LogP contribution in [0.1, 0.15) is 51.2 Å². The third-order valence-corrected chi connectivity index (χ3v) is 3.64. The molecule has 3 N–H and O–H groups in total. The molecule has 1 fully saturated rings. The lowest BCUT2D eigenvalue weighted by Crippen LogP contribution is -2.43. The highest BCUT2D eigenvalue weighted by atomic mass is 16.3. The normalized spacial score (nSPS) is 19.2. The van der Waals surface area contributed by atoms with E-state index < -0.39 is 0 Å². The molecule has 1 aliphatic carbocycles. The largest absolute Gasteiger partial charge is 0.508 e. The van der Waals surface area contributed by atoms with Crippen molar-refractivity contribution in [3.8, 4) is 5.75 Å². The molecule has 0 bridgehead atoms. The number of hydrogen-bond acceptors (Lipinski definition) is 2. The molecule has 1 aromatic rings. The van der Waals surface area contributed by atoms with E-state index in [1.165, 1.54) is 5.56 Å². The highest BCUT2D eigenvalue weighted by Crippen LogP contribution is 2.43.